The van der Waals surface area contributed by atoms with Gasteiger partial charge in [0.1, 0.15) is 0 Å². The van der Waals surface area contributed by atoms with Crippen molar-refractivity contribution in [2.45, 2.75) is 18.9 Å². The Morgan fingerprint density at radius 2 is 1.78 bits per heavy atom. The Labute approximate surface area is 107 Å². The number of aliphatic hydroxyl groups excluding tert-OH is 1. The van der Waals surface area contributed by atoms with Crippen molar-refractivity contribution in [2.24, 2.45) is 11.8 Å². The molecule has 5 nitrogen and oxygen atoms in total. The van der Waals surface area contributed by atoms with Gasteiger partial charge in [0.25, 0.3) is 0 Å². The van der Waals surface area contributed by atoms with E-state index in [2.05, 4.69) is 14.9 Å². The summed E-state index contributed by atoms with van der Waals surface area (Å²) in [6.45, 7) is 2.00. The second-order valence-corrected chi connectivity index (χ2v) is 5.65. The number of anilines is 2. The van der Waals surface area contributed by atoms with Crippen LogP contribution in [0.15, 0.2) is 12.4 Å². The first kappa shape index (κ1) is 11.7. The maximum absolute atomic E-state index is 9.68. The molecule has 1 saturated carbocycles. The Morgan fingerprint density at radius 1 is 1.17 bits per heavy atom. The first-order chi connectivity index (χ1) is 8.65. The zero-order chi connectivity index (χ0) is 12.7. The summed E-state index contributed by atoms with van der Waals surface area (Å²) in [7, 11) is 3.99. The van der Waals surface area contributed by atoms with E-state index in [1.807, 2.05) is 19.0 Å². The molecule has 0 radical (unpaired) electrons. The fraction of sp³-hybridized carbons (Fsp3) is 0.692. The Balaban J connectivity index is 1.81. The highest BCUT2D eigenvalue weighted by atomic mass is 16.3. The quantitative estimate of drug-likeness (QED) is 0.837. The van der Waals surface area contributed by atoms with Crippen LogP contribution in [0.1, 0.15) is 12.8 Å². The molecule has 2 aliphatic rings. The lowest BCUT2D eigenvalue weighted by Crippen LogP contribution is -2.26. The molecule has 0 spiro atoms. The normalized spacial score (nSPS) is 30.6. The number of rotatable bonds is 2. The van der Waals surface area contributed by atoms with Crippen LogP contribution >= 0.6 is 0 Å². The Hall–Kier alpha value is -1.36. The molecule has 1 unspecified atom stereocenters. The van der Waals surface area contributed by atoms with E-state index in [-0.39, 0.29) is 6.10 Å². The molecule has 18 heavy (non-hydrogen) atoms. The molecule has 2 fully saturated rings. The molecule has 1 aromatic rings. The topological polar surface area (TPSA) is 52.5 Å². The van der Waals surface area contributed by atoms with Crippen LogP contribution in [0.5, 0.6) is 0 Å². The second-order valence-electron chi connectivity index (χ2n) is 5.65. The average molecular weight is 248 g/mol. The van der Waals surface area contributed by atoms with Crippen molar-refractivity contribution in [1.82, 2.24) is 9.97 Å². The van der Waals surface area contributed by atoms with Crippen LogP contribution in [0.25, 0.3) is 0 Å². The first-order valence-electron chi connectivity index (χ1n) is 6.56. The molecule has 1 aromatic heterocycles. The fourth-order valence-corrected chi connectivity index (χ4v) is 3.30. The minimum Gasteiger partial charge on any atom is -0.393 e. The molecule has 2 heterocycles. The summed E-state index contributed by atoms with van der Waals surface area (Å²) in [6, 6.07) is 0. The van der Waals surface area contributed by atoms with Crippen molar-refractivity contribution in [3.8, 4) is 0 Å². The predicted octanol–water partition coefficient (Wildman–Crippen LogP) is 0.750. The molecule has 1 N–H and O–H groups in total. The minimum atomic E-state index is -0.0858. The van der Waals surface area contributed by atoms with E-state index >= 15 is 0 Å². The summed E-state index contributed by atoms with van der Waals surface area (Å²) in [5, 5.41) is 9.68. The van der Waals surface area contributed by atoms with Gasteiger partial charge in [-0.2, -0.15) is 0 Å². The number of aromatic nitrogens is 2. The lowest BCUT2D eigenvalue weighted by atomic mass is 10.0. The maximum Gasteiger partial charge on any atom is 0.171 e. The van der Waals surface area contributed by atoms with Gasteiger partial charge in [0.2, 0.25) is 0 Å². The average Bonchev–Trinajstić information content (AvgIpc) is 2.85. The number of hydrogen-bond donors (Lipinski definition) is 1. The van der Waals surface area contributed by atoms with Crippen molar-refractivity contribution in [3.63, 3.8) is 0 Å². The molecule has 1 aliphatic carbocycles. The SMILES string of the molecule is CN(C)c1nccnc1N1C[C@H]2CC(O)C[C@H]2C1. The molecular weight excluding hydrogens is 228 g/mol. The number of hydrogen-bond acceptors (Lipinski definition) is 5. The number of nitrogens with zero attached hydrogens (tertiary/aromatic N) is 4. The molecule has 0 aromatic carbocycles. The van der Waals surface area contributed by atoms with Gasteiger partial charge in [0, 0.05) is 39.6 Å². The summed E-state index contributed by atoms with van der Waals surface area (Å²) >= 11 is 0. The lowest BCUT2D eigenvalue weighted by Gasteiger charge is -2.23. The van der Waals surface area contributed by atoms with Gasteiger partial charge < -0.3 is 14.9 Å². The third kappa shape index (κ3) is 1.92. The van der Waals surface area contributed by atoms with Crippen LogP contribution in [0, 0.1) is 11.8 Å². The summed E-state index contributed by atoms with van der Waals surface area (Å²) in [6.07, 6.45) is 5.29. The zero-order valence-corrected chi connectivity index (χ0v) is 11.0. The van der Waals surface area contributed by atoms with E-state index in [1.165, 1.54) is 0 Å². The molecular formula is C13H20N4O. The van der Waals surface area contributed by atoms with Crippen LogP contribution < -0.4 is 9.80 Å². The van der Waals surface area contributed by atoms with Gasteiger partial charge in [-0.1, -0.05) is 0 Å². The van der Waals surface area contributed by atoms with E-state index in [4.69, 9.17) is 0 Å². The van der Waals surface area contributed by atoms with Crippen LogP contribution in [0.4, 0.5) is 11.6 Å². The van der Waals surface area contributed by atoms with Crippen LogP contribution in [0.3, 0.4) is 0 Å². The van der Waals surface area contributed by atoms with E-state index in [0.717, 1.165) is 37.6 Å². The van der Waals surface area contributed by atoms with Gasteiger partial charge >= 0.3 is 0 Å². The first-order valence-corrected chi connectivity index (χ1v) is 6.56. The third-order valence-electron chi connectivity index (χ3n) is 4.11. The van der Waals surface area contributed by atoms with E-state index in [9.17, 15) is 5.11 Å². The van der Waals surface area contributed by atoms with Crippen molar-refractivity contribution in [2.75, 3.05) is 37.0 Å². The zero-order valence-electron chi connectivity index (χ0n) is 11.0. The van der Waals surface area contributed by atoms with Crippen molar-refractivity contribution in [1.29, 1.82) is 0 Å². The molecule has 0 bridgehead atoms. The predicted molar refractivity (Wildman–Crippen MR) is 70.8 cm³/mol. The van der Waals surface area contributed by atoms with Gasteiger partial charge in [-0.15, -0.1) is 0 Å². The standard InChI is InChI=1S/C13H20N4O/c1-16(2)12-13(15-4-3-14-12)17-7-9-5-11(18)6-10(9)8-17/h3-4,9-11,18H,5-8H2,1-2H3/t9-,10+,11?. The van der Waals surface area contributed by atoms with Gasteiger partial charge in [-0.25, -0.2) is 9.97 Å². The summed E-state index contributed by atoms with van der Waals surface area (Å²) in [5.41, 5.74) is 0. The summed E-state index contributed by atoms with van der Waals surface area (Å²) < 4.78 is 0. The van der Waals surface area contributed by atoms with Crippen LogP contribution in [-0.2, 0) is 0 Å². The smallest absolute Gasteiger partial charge is 0.171 e. The maximum atomic E-state index is 9.68. The Kier molecular flexibility index (Phi) is 2.86. The summed E-state index contributed by atoms with van der Waals surface area (Å²) in [4.78, 5) is 13.2. The fourth-order valence-electron chi connectivity index (χ4n) is 3.30. The Morgan fingerprint density at radius 3 is 2.39 bits per heavy atom. The van der Waals surface area contributed by atoms with Crippen LogP contribution in [-0.4, -0.2) is 48.4 Å². The lowest BCUT2D eigenvalue weighted by molar-refractivity contribution is 0.174. The molecule has 0 amide bonds. The highest BCUT2D eigenvalue weighted by Crippen LogP contribution is 2.40. The molecule has 5 heteroatoms. The molecule has 3 rings (SSSR count). The summed E-state index contributed by atoms with van der Waals surface area (Å²) in [5.74, 6) is 3.15. The second kappa shape index (κ2) is 4.39. The van der Waals surface area contributed by atoms with E-state index in [0.29, 0.717) is 11.8 Å². The molecule has 3 atom stereocenters. The van der Waals surface area contributed by atoms with Crippen LogP contribution in [0.2, 0.25) is 0 Å². The van der Waals surface area contributed by atoms with Crippen molar-refractivity contribution >= 4 is 11.6 Å². The van der Waals surface area contributed by atoms with E-state index in [1.54, 1.807) is 12.4 Å². The third-order valence-corrected chi connectivity index (χ3v) is 4.11. The molecule has 1 aliphatic heterocycles. The number of aliphatic hydroxyl groups is 1. The molecule has 1 saturated heterocycles. The van der Waals surface area contributed by atoms with Gasteiger partial charge in [-0.3, -0.25) is 0 Å². The van der Waals surface area contributed by atoms with E-state index < -0.39 is 0 Å². The monoisotopic (exact) mass is 248 g/mol. The van der Waals surface area contributed by atoms with Gasteiger partial charge in [-0.05, 0) is 24.7 Å². The Bertz CT molecular complexity index is 423. The van der Waals surface area contributed by atoms with Crippen molar-refractivity contribution in [3.05, 3.63) is 12.4 Å². The largest absolute Gasteiger partial charge is 0.393 e. The number of fused-ring (bicyclic) bond motifs is 1. The highest BCUT2D eigenvalue weighted by molar-refractivity contribution is 5.62. The highest BCUT2D eigenvalue weighted by Gasteiger charge is 2.41. The van der Waals surface area contributed by atoms with Gasteiger partial charge in [0.15, 0.2) is 11.6 Å². The van der Waals surface area contributed by atoms with Crippen molar-refractivity contribution < 1.29 is 5.11 Å². The minimum absolute atomic E-state index is 0.0858. The van der Waals surface area contributed by atoms with Gasteiger partial charge in [0.05, 0.1) is 6.10 Å². The molecule has 98 valence electrons.